The molecule has 0 saturated carbocycles. The average molecular weight is 454 g/mol. The second kappa shape index (κ2) is 10.4. The van der Waals surface area contributed by atoms with E-state index in [0.29, 0.717) is 42.6 Å². The summed E-state index contributed by atoms with van der Waals surface area (Å²) in [7, 11) is 1.61. The van der Waals surface area contributed by atoms with E-state index < -0.39 is 5.82 Å². The lowest BCUT2D eigenvalue weighted by atomic mass is 9.97. The molecule has 1 aliphatic heterocycles. The van der Waals surface area contributed by atoms with E-state index in [1.165, 1.54) is 12.1 Å². The highest BCUT2D eigenvalue weighted by molar-refractivity contribution is 6.31. The third-order valence-corrected chi connectivity index (χ3v) is 6.26. The van der Waals surface area contributed by atoms with Gasteiger partial charge in [0.2, 0.25) is 5.91 Å². The van der Waals surface area contributed by atoms with Crippen LogP contribution in [0.5, 0.6) is 11.5 Å². The van der Waals surface area contributed by atoms with Crippen molar-refractivity contribution in [2.45, 2.75) is 44.0 Å². The summed E-state index contributed by atoms with van der Waals surface area (Å²) in [6.07, 6.45) is 2.01. The van der Waals surface area contributed by atoms with Gasteiger partial charge >= 0.3 is 0 Å². The van der Waals surface area contributed by atoms with Crippen LogP contribution >= 0.6 is 23.2 Å². The fraction of sp³-hybridized carbons (Fsp3) is 0.435. The molecule has 1 saturated heterocycles. The van der Waals surface area contributed by atoms with Crippen LogP contribution in [0.2, 0.25) is 5.02 Å². The van der Waals surface area contributed by atoms with Gasteiger partial charge in [-0.15, -0.1) is 11.6 Å². The molecular formula is C23H26Cl2FNO3. The topological polar surface area (TPSA) is 38.8 Å². The third kappa shape index (κ3) is 5.58. The van der Waals surface area contributed by atoms with Crippen LogP contribution in [0.3, 0.4) is 0 Å². The predicted molar refractivity (Wildman–Crippen MR) is 117 cm³/mol. The first-order chi connectivity index (χ1) is 14.4. The number of halogens is 3. The number of amides is 1. The molecule has 0 spiro atoms. The van der Waals surface area contributed by atoms with E-state index in [9.17, 15) is 9.18 Å². The first-order valence-corrected chi connectivity index (χ1v) is 10.9. The number of carbonyl (C=O) groups excluding carboxylic acids is 1. The first-order valence-electron chi connectivity index (χ1n) is 10.1. The Hall–Kier alpha value is -1.98. The first kappa shape index (κ1) is 22.7. The Bertz CT molecular complexity index is 893. The van der Waals surface area contributed by atoms with Gasteiger partial charge in [-0.3, -0.25) is 4.79 Å². The number of hydrogen-bond donors (Lipinski definition) is 0. The molecular weight excluding hydrogens is 428 g/mol. The Kier molecular flexibility index (Phi) is 7.84. The maximum atomic E-state index is 13.3. The van der Waals surface area contributed by atoms with E-state index >= 15 is 0 Å². The molecule has 0 aromatic heterocycles. The average Bonchev–Trinajstić information content (AvgIpc) is 3.09. The highest BCUT2D eigenvalue weighted by Crippen LogP contribution is 2.37. The fourth-order valence-electron chi connectivity index (χ4n) is 3.59. The molecule has 2 atom stereocenters. The highest BCUT2D eigenvalue weighted by Gasteiger charge is 2.32. The number of nitrogens with zero attached hydrogens (tertiary/aromatic N) is 1. The summed E-state index contributed by atoms with van der Waals surface area (Å²) in [5.41, 5.74) is 1.70. The second-order valence-corrected chi connectivity index (χ2v) is 8.48. The Morgan fingerprint density at radius 3 is 2.77 bits per heavy atom. The maximum absolute atomic E-state index is 13.3. The van der Waals surface area contributed by atoms with Crippen molar-refractivity contribution in [1.29, 1.82) is 0 Å². The van der Waals surface area contributed by atoms with E-state index in [1.54, 1.807) is 18.1 Å². The monoisotopic (exact) mass is 453 g/mol. The smallest absolute Gasteiger partial charge is 0.223 e. The Labute approximate surface area is 186 Å². The van der Waals surface area contributed by atoms with Crippen LogP contribution < -0.4 is 9.47 Å². The zero-order chi connectivity index (χ0) is 21.7. The molecule has 3 rings (SSSR count). The number of rotatable bonds is 9. The molecule has 7 heteroatoms. The molecule has 2 aromatic carbocycles. The van der Waals surface area contributed by atoms with Gasteiger partial charge in [0, 0.05) is 41.9 Å². The summed E-state index contributed by atoms with van der Waals surface area (Å²) >= 11 is 12.3. The number of methoxy groups -OCH3 is 1. The van der Waals surface area contributed by atoms with E-state index in [1.807, 2.05) is 25.1 Å². The van der Waals surface area contributed by atoms with Gasteiger partial charge in [0.15, 0.2) is 0 Å². The summed E-state index contributed by atoms with van der Waals surface area (Å²) < 4.78 is 24.7. The number of benzene rings is 2. The number of carbonyl (C=O) groups is 1. The third-order valence-electron chi connectivity index (χ3n) is 5.38. The van der Waals surface area contributed by atoms with Crippen LogP contribution in [-0.2, 0) is 11.3 Å². The van der Waals surface area contributed by atoms with Crippen LogP contribution in [0.1, 0.15) is 43.2 Å². The van der Waals surface area contributed by atoms with Crippen molar-refractivity contribution in [3.8, 4) is 11.5 Å². The summed E-state index contributed by atoms with van der Waals surface area (Å²) in [4.78, 5) is 14.4. The minimum atomic E-state index is -0.392. The van der Waals surface area contributed by atoms with Gasteiger partial charge < -0.3 is 14.4 Å². The van der Waals surface area contributed by atoms with Crippen molar-refractivity contribution in [1.82, 2.24) is 4.90 Å². The minimum Gasteiger partial charge on any atom is -0.497 e. The van der Waals surface area contributed by atoms with Crippen molar-refractivity contribution in [2.75, 3.05) is 20.3 Å². The molecule has 1 amide bonds. The minimum absolute atomic E-state index is 0.00407. The summed E-state index contributed by atoms with van der Waals surface area (Å²) in [6.45, 7) is 3.44. The Balaban J connectivity index is 1.74. The molecule has 0 radical (unpaired) electrons. The van der Waals surface area contributed by atoms with E-state index in [4.69, 9.17) is 32.7 Å². The molecule has 162 valence electrons. The molecule has 0 N–H and O–H groups in total. The number of alkyl halides is 1. The summed E-state index contributed by atoms with van der Waals surface area (Å²) in [5, 5.41) is 0.398. The molecule has 1 fully saturated rings. The van der Waals surface area contributed by atoms with E-state index in [2.05, 4.69) is 0 Å². The molecule has 1 heterocycles. The molecule has 0 aliphatic carbocycles. The van der Waals surface area contributed by atoms with Crippen molar-refractivity contribution in [2.24, 2.45) is 0 Å². The van der Waals surface area contributed by atoms with Gasteiger partial charge in [0.25, 0.3) is 0 Å². The normalized spacial score (nSPS) is 17.3. The Morgan fingerprint density at radius 1 is 1.27 bits per heavy atom. The molecule has 0 bridgehead atoms. The van der Waals surface area contributed by atoms with E-state index in [-0.39, 0.29) is 17.2 Å². The van der Waals surface area contributed by atoms with Gasteiger partial charge in [0.1, 0.15) is 17.3 Å². The molecule has 4 nitrogen and oxygen atoms in total. The number of likely N-dealkylation sites (tertiary alicyclic amines) is 1. The zero-order valence-corrected chi connectivity index (χ0v) is 18.7. The lowest BCUT2D eigenvalue weighted by Crippen LogP contribution is -2.24. The van der Waals surface area contributed by atoms with Crippen molar-refractivity contribution in [3.63, 3.8) is 0 Å². The van der Waals surface area contributed by atoms with Crippen LogP contribution in [0.25, 0.3) is 0 Å². The van der Waals surface area contributed by atoms with Gasteiger partial charge in [-0.05, 0) is 42.2 Å². The quantitative estimate of drug-likeness (QED) is 0.451. The SMILES string of the molecule is CCC(Cl)CCOc1cc(OC)ccc1[C@H]1CC(=O)N(Cc2ccc(F)cc2Cl)C1. The predicted octanol–water partition coefficient (Wildman–Crippen LogP) is 5.79. The Morgan fingerprint density at radius 2 is 2.07 bits per heavy atom. The maximum Gasteiger partial charge on any atom is 0.223 e. The second-order valence-electron chi connectivity index (χ2n) is 7.46. The molecule has 30 heavy (non-hydrogen) atoms. The van der Waals surface area contributed by atoms with Crippen LogP contribution in [0, 0.1) is 5.82 Å². The lowest BCUT2D eigenvalue weighted by Gasteiger charge is -2.20. The number of ether oxygens (including phenoxy) is 2. The standard InChI is InChI=1S/C23H26Cl2FNO3/c1-3-17(24)8-9-30-22-12-19(29-2)6-7-20(22)16-10-23(28)27(14-16)13-15-4-5-18(26)11-21(15)25/h4-7,11-12,16-17H,3,8-10,13-14H2,1-2H3/t16-,17?/m0/s1. The van der Waals surface area contributed by atoms with Crippen LogP contribution in [0.15, 0.2) is 36.4 Å². The fourth-order valence-corrected chi connectivity index (χ4v) is 3.91. The molecule has 1 unspecified atom stereocenters. The molecule has 2 aromatic rings. The molecule has 1 aliphatic rings. The van der Waals surface area contributed by atoms with Crippen LogP contribution in [0.4, 0.5) is 4.39 Å². The van der Waals surface area contributed by atoms with Crippen LogP contribution in [-0.4, -0.2) is 36.4 Å². The van der Waals surface area contributed by atoms with Gasteiger partial charge in [-0.2, -0.15) is 0 Å². The highest BCUT2D eigenvalue weighted by atomic mass is 35.5. The summed E-state index contributed by atoms with van der Waals surface area (Å²) in [5.74, 6) is 1.06. The number of hydrogen-bond acceptors (Lipinski definition) is 3. The van der Waals surface area contributed by atoms with Crippen molar-refractivity contribution >= 4 is 29.1 Å². The van der Waals surface area contributed by atoms with Gasteiger partial charge in [0.05, 0.1) is 13.7 Å². The largest absolute Gasteiger partial charge is 0.497 e. The van der Waals surface area contributed by atoms with Gasteiger partial charge in [-0.1, -0.05) is 30.7 Å². The zero-order valence-electron chi connectivity index (χ0n) is 17.2. The lowest BCUT2D eigenvalue weighted by molar-refractivity contribution is -0.128. The van der Waals surface area contributed by atoms with Gasteiger partial charge in [-0.25, -0.2) is 4.39 Å². The van der Waals surface area contributed by atoms with Crippen molar-refractivity contribution in [3.05, 3.63) is 58.4 Å². The van der Waals surface area contributed by atoms with Crippen molar-refractivity contribution < 1.29 is 18.7 Å². The summed E-state index contributed by atoms with van der Waals surface area (Å²) in [6, 6.07) is 9.94. The van der Waals surface area contributed by atoms with E-state index in [0.717, 1.165) is 24.0 Å².